The van der Waals surface area contributed by atoms with Crippen molar-refractivity contribution in [2.24, 2.45) is 0 Å². The number of hydrogen-bond donors (Lipinski definition) is 1. The summed E-state index contributed by atoms with van der Waals surface area (Å²) in [5.41, 5.74) is 1.17. The van der Waals surface area contributed by atoms with Gasteiger partial charge in [0.15, 0.2) is 5.72 Å². The van der Waals surface area contributed by atoms with E-state index in [0.29, 0.717) is 6.42 Å². The Kier molecular flexibility index (Phi) is 2.94. The van der Waals surface area contributed by atoms with Gasteiger partial charge in [-0.05, 0) is 37.3 Å². The fourth-order valence-corrected chi connectivity index (χ4v) is 3.69. The highest BCUT2D eigenvalue weighted by molar-refractivity contribution is 9.10. The van der Waals surface area contributed by atoms with Crippen molar-refractivity contribution in [2.75, 3.05) is 4.90 Å². The number of urea groups is 1. The number of amides is 2. The summed E-state index contributed by atoms with van der Waals surface area (Å²) in [5.74, 6) is 0.822. The summed E-state index contributed by atoms with van der Waals surface area (Å²) < 4.78 is 7.21. The number of para-hydroxylation sites is 1. The van der Waals surface area contributed by atoms with E-state index in [1.165, 1.54) is 0 Å². The Hall–Kier alpha value is -2.01. The molecular weight excluding hydrogens is 344 g/mol. The fourth-order valence-electron chi connectivity index (χ4n) is 3.31. The lowest BCUT2D eigenvalue weighted by molar-refractivity contribution is 0.0378. The van der Waals surface area contributed by atoms with Crippen molar-refractivity contribution < 1.29 is 9.53 Å². The molecule has 22 heavy (non-hydrogen) atoms. The van der Waals surface area contributed by atoms with E-state index in [1.807, 2.05) is 55.5 Å². The van der Waals surface area contributed by atoms with Gasteiger partial charge in [-0.2, -0.15) is 0 Å². The molecule has 2 atom stereocenters. The molecule has 2 amide bonds. The van der Waals surface area contributed by atoms with E-state index in [9.17, 15) is 4.79 Å². The predicted molar refractivity (Wildman–Crippen MR) is 88.0 cm³/mol. The van der Waals surface area contributed by atoms with Gasteiger partial charge in [0.2, 0.25) is 0 Å². The molecule has 0 radical (unpaired) electrons. The Labute approximate surface area is 137 Å². The van der Waals surface area contributed by atoms with Crippen LogP contribution in [0.25, 0.3) is 0 Å². The maximum atomic E-state index is 12.6. The number of nitrogens with one attached hydrogen (secondary N) is 1. The summed E-state index contributed by atoms with van der Waals surface area (Å²) in [5, 5.41) is 3.09. The lowest BCUT2D eigenvalue weighted by Crippen LogP contribution is -2.65. The standard InChI is InChI=1S/C17H15BrN2O2/c1-17-10-14(13-9-11(18)7-8-15(13)22-17)19-16(21)20(17)12-5-3-2-4-6-12/h2-9,14H,10H2,1H3,(H,19,21)/t14-,17-/m1/s1. The molecule has 0 spiro atoms. The Morgan fingerprint density at radius 3 is 2.82 bits per heavy atom. The van der Waals surface area contributed by atoms with Gasteiger partial charge in [-0.1, -0.05) is 34.1 Å². The molecule has 2 bridgehead atoms. The lowest BCUT2D eigenvalue weighted by atomic mass is 9.90. The van der Waals surface area contributed by atoms with E-state index in [4.69, 9.17) is 4.74 Å². The van der Waals surface area contributed by atoms with Crippen molar-refractivity contribution in [1.82, 2.24) is 5.32 Å². The first-order chi connectivity index (χ1) is 10.6. The van der Waals surface area contributed by atoms with Crippen molar-refractivity contribution in [1.29, 1.82) is 0 Å². The number of rotatable bonds is 1. The van der Waals surface area contributed by atoms with Gasteiger partial charge in [0.1, 0.15) is 5.75 Å². The van der Waals surface area contributed by atoms with E-state index in [0.717, 1.165) is 21.5 Å². The molecule has 5 heteroatoms. The summed E-state index contributed by atoms with van der Waals surface area (Å²) in [6.07, 6.45) is 0.705. The van der Waals surface area contributed by atoms with Crippen LogP contribution in [0.3, 0.4) is 0 Å². The number of fused-ring (bicyclic) bond motifs is 4. The second-order valence-corrected chi connectivity index (χ2v) is 6.75. The third-order valence-electron chi connectivity index (χ3n) is 4.25. The summed E-state index contributed by atoms with van der Waals surface area (Å²) in [6.45, 7) is 1.97. The molecule has 2 aromatic rings. The van der Waals surface area contributed by atoms with Crippen LogP contribution in [0.4, 0.5) is 10.5 Å². The van der Waals surface area contributed by atoms with Gasteiger partial charge < -0.3 is 10.1 Å². The Morgan fingerprint density at radius 1 is 1.27 bits per heavy atom. The number of hydrogen-bond acceptors (Lipinski definition) is 2. The first kappa shape index (κ1) is 13.6. The molecule has 0 aromatic heterocycles. The number of carbonyl (C=O) groups is 1. The van der Waals surface area contributed by atoms with Gasteiger partial charge in [-0.25, -0.2) is 4.79 Å². The zero-order valence-corrected chi connectivity index (χ0v) is 13.6. The van der Waals surface area contributed by atoms with E-state index < -0.39 is 5.72 Å². The molecule has 2 aliphatic rings. The van der Waals surface area contributed by atoms with Gasteiger partial charge >= 0.3 is 6.03 Å². The molecule has 112 valence electrons. The monoisotopic (exact) mass is 358 g/mol. The highest BCUT2D eigenvalue weighted by atomic mass is 79.9. The molecule has 2 aliphatic heterocycles. The number of carbonyl (C=O) groups excluding carboxylic acids is 1. The van der Waals surface area contributed by atoms with Gasteiger partial charge in [-0.15, -0.1) is 0 Å². The number of ether oxygens (including phenoxy) is 1. The molecule has 1 fully saturated rings. The minimum atomic E-state index is -0.685. The van der Waals surface area contributed by atoms with Crippen molar-refractivity contribution in [2.45, 2.75) is 25.1 Å². The maximum Gasteiger partial charge on any atom is 0.325 e. The zero-order valence-electron chi connectivity index (χ0n) is 12.0. The number of benzene rings is 2. The number of halogens is 1. The summed E-state index contributed by atoms with van der Waals surface area (Å²) in [4.78, 5) is 14.3. The van der Waals surface area contributed by atoms with E-state index >= 15 is 0 Å². The Balaban J connectivity index is 1.81. The van der Waals surface area contributed by atoms with Crippen LogP contribution in [0.5, 0.6) is 5.75 Å². The molecule has 4 nitrogen and oxygen atoms in total. The molecule has 2 aromatic carbocycles. The Bertz CT molecular complexity index is 750. The van der Waals surface area contributed by atoms with Crippen LogP contribution < -0.4 is 15.0 Å². The molecular formula is C17H15BrN2O2. The minimum absolute atomic E-state index is 0.0290. The largest absolute Gasteiger partial charge is 0.467 e. The Morgan fingerprint density at radius 2 is 2.05 bits per heavy atom. The van der Waals surface area contributed by atoms with E-state index in [1.54, 1.807) is 4.90 Å². The van der Waals surface area contributed by atoms with Crippen molar-refractivity contribution >= 4 is 27.6 Å². The van der Waals surface area contributed by atoms with E-state index in [2.05, 4.69) is 21.2 Å². The first-order valence-corrected chi connectivity index (χ1v) is 8.00. The van der Waals surface area contributed by atoms with Crippen LogP contribution in [0.2, 0.25) is 0 Å². The lowest BCUT2D eigenvalue weighted by Gasteiger charge is -2.50. The van der Waals surface area contributed by atoms with Crippen LogP contribution in [0.15, 0.2) is 53.0 Å². The van der Waals surface area contributed by atoms with Gasteiger partial charge in [0, 0.05) is 22.1 Å². The van der Waals surface area contributed by atoms with Gasteiger partial charge in [-0.3, -0.25) is 4.90 Å². The van der Waals surface area contributed by atoms with Crippen molar-refractivity contribution in [3.05, 3.63) is 58.6 Å². The first-order valence-electron chi connectivity index (χ1n) is 7.21. The van der Waals surface area contributed by atoms with Gasteiger partial charge in [0.05, 0.1) is 6.04 Å². The molecule has 2 heterocycles. The van der Waals surface area contributed by atoms with Crippen LogP contribution in [-0.4, -0.2) is 11.8 Å². The molecule has 0 saturated carbocycles. The fraction of sp³-hybridized carbons (Fsp3) is 0.235. The SMILES string of the molecule is C[C@@]12C[C@@H](NC(=O)N1c1ccccc1)c1cc(Br)ccc1O2. The molecule has 1 saturated heterocycles. The molecule has 0 unspecified atom stereocenters. The van der Waals surface area contributed by atoms with Gasteiger partial charge in [0.25, 0.3) is 0 Å². The maximum absolute atomic E-state index is 12.6. The van der Waals surface area contributed by atoms with Crippen LogP contribution in [-0.2, 0) is 0 Å². The average Bonchev–Trinajstić information content (AvgIpc) is 2.48. The third kappa shape index (κ3) is 2.00. The smallest absolute Gasteiger partial charge is 0.325 e. The highest BCUT2D eigenvalue weighted by Gasteiger charge is 2.49. The van der Waals surface area contributed by atoms with Crippen LogP contribution >= 0.6 is 15.9 Å². The van der Waals surface area contributed by atoms with Crippen LogP contribution in [0, 0.1) is 0 Å². The normalized spacial score (nSPS) is 26.0. The number of nitrogens with zero attached hydrogens (tertiary/aromatic N) is 1. The quantitative estimate of drug-likeness (QED) is 0.829. The molecule has 0 aliphatic carbocycles. The second kappa shape index (κ2) is 4.74. The second-order valence-electron chi connectivity index (χ2n) is 5.84. The van der Waals surface area contributed by atoms with Crippen molar-refractivity contribution in [3.8, 4) is 5.75 Å². The van der Waals surface area contributed by atoms with E-state index in [-0.39, 0.29) is 12.1 Å². The minimum Gasteiger partial charge on any atom is -0.467 e. The topological polar surface area (TPSA) is 41.6 Å². The third-order valence-corrected chi connectivity index (χ3v) is 4.74. The summed E-state index contributed by atoms with van der Waals surface area (Å²) >= 11 is 3.48. The predicted octanol–water partition coefficient (Wildman–Crippen LogP) is 4.22. The zero-order chi connectivity index (χ0) is 15.3. The highest BCUT2D eigenvalue weighted by Crippen LogP contribution is 2.46. The van der Waals surface area contributed by atoms with Crippen LogP contribution in [0.1, 0.15) is 24.9 Å². The van der Waals surface area contributed by atoms with Crippen molar-refractivity contribution in [3.63, 3.8) is 0 Å². The summed E-state index contributed by atoms with van der Waals surface area (Å²) in [7, 11) is 0. The average molecular weight is 359 g/mol. The summed E-state index contributed by atoms with van der Waals surface area (Å²) in [6, 6.07) is 15.4. The molecule has 1 N–H and O–H groups in total. The number of anilines is 1. The molecule has 4 rings (SSSR count).